The van der Waals surface area contributed by atoms with Crippen molar-refractivity contribution in [1.82, 2.24) is 15.1 Å². The van der Waals surface area contributed by atoms with Crippen molar-refractivity contribution in [2.45, 2.75) is 26.9 Å². The van der Waals surface area contributed by atoms with E-state index in [9.17, 15) is 9.59 Å². The van der Waals surface area contributed by atoms with Crippen molar-refractivity contribution in [3.8, 4) is 0 Å². The summed E-state index contributed by atoms with van der Waals surface area (Å²) in [5.74, 6) is -1.14. The summed E-state index contributed by atoms with van der Waals surface area (Å²) in [6.45, 7) is 4.01. The minimum Gasteiger partial charge on any atom is -0.344 e. The average molecular weight is 230 g/mol. The van der Waals surface area contributed by atoms with Crippen molar-refractivity contribution in [3.05, 3.63) is 16.9 Å². The van der Waals surface area contributed by atoms with E-state index < -0.39 is 11.7 Å². The molecular formula is C9H12ClN3O2. The average Bonchev–Trinajstić information content (AvgIpc) is 2.55. The number of hydrogen-bond donors (Lipinski definition) is 1. The van der Waals surface area contributed by atoms with Crippen LogP contribution in [0, 0.1) is 0 Å². The van der Waals surface area contributed by atoms with Gasteiger partial charge in [-0.2, -0.15) is 5.10 Å². The van der Waals surface area contributed by atoms with Crippen LogP contribution in [0.3, 0.4) is 0 Å². The lowest BCUT2D eigenvalue weighted by Gasteiger charge is -2.05. The molecule has 0 spiro atoms. The normalized spacial score (nSPS) is 10.1. The van der Waals surface area contributed by atoms with E-state index >= 15 is 0 Å². The summed E-state index contributed by atoms with van der Waals surface area (Å²) >= 11 is 5.87. The van der Waals surface area contributed by atoms with Crippen LogP contribution in [-0.2, 0) is 22.7 Å². The molecule has 6 heteroatoms. The Hall–Kier alpha value is -1.36. The first-order valence-electron chi connectivity index (χ1n) is 4.55. The van der Waals surface area contributed by atoms with Gasteiger partial charge in [-0.1, -0.05) is 11.6 Å². The maximum absolute atomic E-state index is 11.0. The smallest absolute Gasteiger partial charge is 0.287 e. The largest absolute Gasteiger partial charge is 0.344 e. The Kier molecular flexibility index (Phi) is 3.85. The highest BCUT2D eigenvalue weighted by Crippen LogP contribution is 2.14. The third kappa shape index (κ3) is 2.79. The number of carbonyl (C=O) groups is 2. The first-order valence-corrected chi connectivity index (χ1v) is 4.93. The number of aromatic nitrogens is 2. The second kappa shape index (κ2) is 4.93. The molecule has 0 saturated carbocycles. The first-order chi connectivity index (χ1) is 7.06. The summed E-state index contributed by atoms with van der Waals surface area (Å²) in [6.07, 6.45) is 1.51. The topological polar surface area (TPSA) is 64.0 Å². The van der Waals surface area contributed by atoms with Crippen molar-refractivity contribution in [3.63, 3.8) is 0 Å². The molecule has 1 amide bonds. The quantitative estimate of drug-likeness (QED) is 0.776. The van der Waals surface area contributed by atoms with E-state index in [4.69, 9.17) is 11.6 Å². The van der Waals surface area contributed by atoms with Gasteiger partial charge in [-0.3, -0.25) is 14.3 Å². The van der Waals surface area contributed by atoms with Gasteiger partial charge in [0, 0.05) is 13.5 Å². The molecule has 1 N–H and O–H groups in total. The van der Waals surface area contributed by atoms with Crippen molar-refractivity contribution < 1.29 is 9.59 Å². The van der Waals surface area contributed by atoms with Crippen LogP contribution in [0.5, 0.6) is 0 Å². The number of halogens is 1. The van der Waals surface area contributed by atoms with E-state index in [1.54, 1.807) is 4.68 Å². The van der Waals surface area contributed by atoms with Crippen LogP contribution in [0.25, 0.3) is 0 Å². The number of ketones is 1. The van der Waals surface area contributed by atoms with Gasteiger partial charge in [0.15, 0.2) is 0 Å². The summed E-state index contributed by atoms with van der Waals surface area (Å²) in [7, 11) is 0. The van der Waals surface area contributed by atoms with Crippen LogP contribution in [0.4, 0.5) is 0 Å². The van der Waals surface area contributed by atoms with Gasteiger partial charge in [0.2, 0.25) is 5.78 Å². The zero-order valence-electron chi connectivity index (χ0n) is 8.58. The third-order valence-corrected chi connectivity index (χ3v) is 2.25. The van der Waals surface area contributed by atoms with Gasteiger partial charge in [0.05, 0.1) is 23.5 Å². The SMILES string of the molecule is CCn1ncc(Cl)c1CNC(=O)C(C)=O. The number of nitrogens with one attached hydrogen (secondary N) is 1. The zero-order valence-corrected chi connectivity index (χ0v) is 9.34. The van der Waals surface area contributed by atoms with Gasteiger partial charge in [-0.05, 0) is 6.92 Å². The second-order valence-corrected chi connectivity index (χ2v) is 3.40. The third-order valence-electron chi connectivity index (χ3n) is 1.93. The molecule has 82 valence electrons. The number of rotatable bonds is 4. The van der Waals surface area contributed by atoms with Gasteiger partial charge < -0.3 is 5.32 Å². The Morgan fingerprint density at radius 2 is 2.27 bits per heavy atom. The summed E-state index contributed by atoms with van der Waals surface area (Å²) in [5, 5.41) is 6.96. The molecule has 1 aromatic heterocycles. The lowest BCUT2D eigenvalue weighted by molar-refractivity contribution is -0.136. The minimum atomic E-state index is -0.616. The van der Waals surface area contributed by atoms with Crippen LogP contribution in [0.1, 0.15) is 19.5 Å². The summed E-state index contributed by atoms with van der Waals surface area (Å²) in [5.41, 5.74) is 0.703. The number of carbonyl (C=O) groups excluding carboxylic acids is 2. The standard InChI is InChI=1S/C9H12ClN3O2/c1-3-13-8(7(10)4-12-13)5-11-9(15)6(2)14/h4H,3,5H2,1-2H3,(H,11,15). The van der Waals surface area contributed by atoms with E-state index in [-0.39, 0.29) is 6.54 Å². The van der Waals surface area contributed by atoms with E-state index in [0.717, 1.165) is 0 Å². The molecule has 15 heavy (non-hydrogen) atoms. The van der Waals surface area contributed by atoms with Crippen molar-refractivity contribution in [1.29, 1.82) is 0 Å². The zero-order chi connectivity index (χ0) is 11.4. The van der Waals surface area contributed by atoms with Gasteiger partial charge in [-0.15, -0.1) is 0 Å². The Balaban J connectivity index is 2.68. The predicted molar refractivity (Wildman–Crippen MR) is 55.4 cm³/mol. The lowest BCUT2D eigenvalue weighted by Crippen LogP contribution is -2.29. The van der Waals surface area contributed by atoms with Gasteiger partial charge in [0.1, 0.15) is 0 Å². The van der Waals surface area contributed by atoms with E-state index in [2.05, 4.69) is 10.4 Å². The fraction of sp³-hybridized carbons (Fsp3) is 0.444. The molecule has 0 aromatic carbocycles. The molecule has 0 unspecified atom stereocenters. The van der Waals surface area contributed by atoms with Crippen LogP contribution in [-0.4, -0.2) is 21.5 Å². The molecule has 1 rings (SSSR count). The molecule has 0 radical (unpaired) electrons. The summed E-state index contributed by atoms with van der Waals surface area (Å²) in [6, 6.07) is 0. The fourth-order valence-electron chi connectivity index (χ4n) is 1.12. The first kappa shape index (κ1) is 11.7. The Labute approximate surface area is 92.4 Å². The van der Waals surface area contributed by atoms with Crippen molar-refractivity contribution in [2.24, 2.45) is 0 Å². The molecule has 0 bridgehead atoms. The molecule has 5 nitrogen and oxygen atoms in total. The van der Waals surface area contributed by atoms with Crippen LogP contribution in [0.15, 0.2) is 6.20 Å². The molecule has 1 aromatic rings. The molecule has 0 aliphatic carbocycles. The Morgan fingerprint density at radius 3 is 2.80 bits per heavy atom. The van der Waals surface area contributed by atoms with E-state index in [0.29, 0.717) is 17.3 Å². The van der Waals surface area contributed by atoms with Crippen LogP contribution < -0.4 is 5.32 Å². The number of amides is 1. The number of hydrogen-bond acceptors (Lipinski definition) is 3. The highest BCUT2D eigenvalue weighted by atomic mass is 35.5. The van der Waals surface area contributed by atoms with Crippen molar-refractivity contribution in [2.75, 3.05) is 0 Å². The van der Waals surface area contributed by atoms with Gasteiger partial charge >= 0.3 is 0 Å². The second-order valence-electron chi connectivity index (χ2n) is 2.99. The van der Waals surface area contributed by atoms with E-state index in [1.165, 1.54) is 13.1 Å². The molecule has 0 aliphatic heterocycles. The maximum atomic E-state index is 11.0. The highest BCUT2D eigenvalue weighted by Gasteiger charge is 2.11. The maximum Gasteiger partial charge on any atom is 0.287 e. The highest BCUT2D eigenvalue weighted by molar-refractivity contribution is 6.35. The summed E-state index contributed by atoms with van der Waals surface area (Å²) in [4.78, 5) is 21.7. The fourth-order valence-corrected chi connectivity index (χ4v) is 1.33. The van der Waals surface area contributed by atoms with Crippen molar-refractivity contribution >= 4 is 23.3 Å². The Morgan fingerprint density at radius 1 is 1.60 bits per heavy atom. The van der Waals surface area contributed by atoms with Crippen LogP contribution in [0.2, 0.25) is 5.02 Å². The molecule has 0 saturated heterocycles. The lowest BCUT2D eigenvalue weighted by atomic mass is 10.3. The molecular weight excluding hydrogens is 218 g/mol. The predicted octanol–water partition coefficient (Wildman–Crippen LogP) is 0.762. The van der Waals surface area contributed by atoms with Crippen LogP contribution >= 0.6 is 11.6 Å². The van der Waals surface area contributed by atoms with E-state index in [1.807, 2.05) is 6.92 Å². The molecule has 0 aliphatic rings. The van der Waals surface area contributed by atoms with Gasteiger partial charge in [-0.25, -0.2) is 0 Å². The monoisotopic (exact) mass is 229 g/mol. The Bertz CT molecular complexity index is 387. The van der Waals surface area contributed by atoms with Gasteiger partial charge in [0.25, 0.3) is 5.91 Å². The molecule has 1 heterocycles. The summed E-state index contributed by atoms with van der Waals surface area (Å²) < 4.78 is 1.67. The number of nitrogens with zero attached hydrogens (tertiary/aromatic N) is 2. The minimum absolute atomic E-state index is 0.213. The molecule has 0 atom stereocenters. The number of aryl methyl sites for hydroxylation is 1. The number of Topliss-reactive ketones (excluding diaryl/α,β-unsaturated/α-hetero) is 1. The molecule has 0 fully saturated rings.